The summed E-state index contributed by atoms with van der Waals surface area (Å²) >= 11 is 0. The first-order chi connectivity index (χ1) is 8.65. The SMILES string of the molecule is COC1(CC(=O)N2C(C)CC3CNCC32)CCC1. The maximum atomic E-state index is 12.6. The van der Waals surface area contributed by atoms with Crippen LogP contribution in [0.4, 0.5) is 0 Å². The lowest BCUT2D eigenvalue weighted by molar-refractivity contribution is -0.146. The summed E-state index contributed by atoms with van der Waals surface area (Å²) in [5.41, 5.74) is -0.138. The highest BCUT2D eigenvalue weighted by Crippen LogP contribution is 2.40. The molecule has 3 atom stereocenters. The van der Waals surface area contributed by atoms with Gasteiger partial charge in [-0.05, 0) is 38.5 Å². The first-order valence-electron chi connectivity index (χ1n) is 7.22. The van der Waals surface area contributed by atoms with Gasteiger partial charge in [-0.2, -0.15) is 0 Å². The second kappa shape index (κ2) is 4.49. The van der Waals surface area contributed by atoms with Crippen LogP contribution in [0.5, 0.6) is 0 Å². The molecule has 1 saturated carbocycles. The quantitative estimate of drug-likeness (QED) is 0.819. The summed E-state index contributed by atoms with van der Waals surface area (Å²) in [7, 11) is 1.75. The van der Waals surface area contributed by atoms with Crippen LogP contribution in [0.3, 0.4) is 0 Å². The fourth-order valence-electron chi connectivity index (χ4n) is 3.99. The number of carbonyl (C=O) groups is 1. The highest BCUT2D eigenvalue weighted by molar-refractivity contribution is 5.78. The molecule has 1 amide bonds. The van der Waals surface area contributed by atoms with E-state index in [2.05, 4.69) is 17.1 Å². The Labute approximate surface area is 109 Å². The van der Waals surface area contributed by atoms with Gasteiger partial charge in [-0.15, -0.1) is 0 Å². The van der Waals surface area contributed by atoms with Gasteiger partial charge in [0.1, 0.15) is 0 Å². The van der Waals surface area contributed by atoms with Crippen LogP contribution in [0, 0.1) is 5.92 Å². The standard InChI is InChI=1S/C14H24N2O2/c1-10-6-11-8-15-9-12(11)16(10)13(17)7-14(18-2)4-3-5-14/h10-12,15H,3-9H2,1-2H3. The number of ether oxygens (including phenoxy) is 1. The Bertz CT molecular complexity index is 335. The van der Waals surface area contributed by atoms with E-state index in [1.165, 1.54) is 6.42 Å². The number of fused-ring (bicyclic) bond motifs is 1. The average Bonchev–Trinajstić information content (AvgIpc) is 2.82. The number of nitrogens with one attached hydrogen (secondary N) is 1. The highest BCUT2D eigenvalue weighted by atomic mass is 16.5. The van der Waals surface area contributed by atoms with Gasteiger partial charge in [0, 0.05) is 32.3 Å². The number of nitrogens with zero attached hydrogens (tertiary/aromatic N) is 1. The van der Waals surface area contributed by atoms with Crippen molar-refractivity contribution in [3.05, 3.63) is 0 Å². The van der Waals surface area contributed by atoms with Crippen molar-refractivity contribution in [2.24, 2.45) is 5.92 Å². The molecule has 3 rings (SSSR count). The van der Waals surface area contributed by atoms with Crippen LogP contribution in [0.15, 0.2) is 0 Å². The van der Waals surface area contributed by atoms with Crippen molar-refractivity contribution in [1.29, 1.82) is 0 Å². The number of methoxy groups -OCH3 is 1. The summed E-state index contributed by atoms with van der Waals surface area (Å²) in [5.74, 6) is 0.976. The van der Waals surface area contributed by atoms with Gasteiger partial charge in [0.15, 0.2) is 0 Å². The fourth-order valence-corrected chi connectivity index (χ4v) is 3.99. The zero-order valence-corrected chi connectivity index (χ0v) is 11.4. The summed E-state index contributed by atoms with van der Waals surface area (Å²) in [6, 6.07) is 0.838. The van der Waals surface area contributed by atoms with Crippen molar-refractivity contribution in [1.82, 2.24) is 10.2 Å². The molecule has 1 N–H and O–H groups in total. The predicted octanol–water partition coefficient (Wildman–Crippen LogP) is 1.15. The van der Waals surface area contributed by atoms with Crippen molar-refractivity contribution in [3.63, 3.8) is 0 Å². The molecule has 3 unspecified atom stereocenters. The lowest BCUT2D eigenvalue weighted by atomic mass is 9.77. The number of carbonyl (C=O) groups excluding carboxylic acids is 1. The van der Waals surface area contributed by atoms with Crippen molar-refractivity contribution in [2.75, 3.05) is 20.2 Å². The smallest absolute Gasteiger partial charge is 0.226 e. The normalized spacial score (nSPS) is 37.4. The number of amides is 1. The molecule has 0 aromatic heterocycles. The first kappa shape index (κ1) is 12.4. The number of likely N-dealkylation sites (tertiary alicyclic amines) is 1. The van der Waals surface area contributed by atoms with Gasteiger partial charge in [0.2, 0.25) is 5.91 Å². The van der Waals surface area contributed by atoms with Gasteiger partial charge in [-0.25, -0.2) is 0 Å². The van der Waals surface area contributed by atoms with Crippen LogP contribution in [-0.4, -0.2) is 48.7 Å². The maximum absolute atomic E-state index is 12.6. The molecule has 2 saturated heterocycles. The van der Waals surface area contributed by atoms with E-state index in [-0.39, 0.29) is 5.60 Å². The molecule has 0 aromatic rings. The minimum Gasteiger partial charge on any atom is -0.378 e. The lowest BCUT2D eigenvalue weighted by Crippen LogP contribution is -2.49. The van der Waals surface area contributed by atoms with E-state index < -0.39 is 0 Å². The largest absolute Gasteiger partial charge is 0.378 e. The molecular weight excluding hydrogens is 228 g/mol. The molecular formula is C14H24N2O2. The summed E-state index contributed by atoms with van der Waals surface area (Å²) in [4.78, 5) is 14.7. The zero-order valence-electron chi connectivity index (χ0n) is 11.4. The van der Waals surface area contributed by atoms with Gasteiger partial charge in [-0.3, -0.25) is 4.79 Å². The van der Waals surface area contributed by atoms with E-state index in [4.69, 9.17) is 4.74 Å². The molecule has 3 fully saturated rings. The first-order valence-corrected chi connectivity index (χ1v) is 7.22. The van der Waals surface area contributed by atoms with Crippen LogP contribution in [0.25, 0.3) is 0 Å². The van der Waals surface area contributed by atoms with Gasteiger partial charge in [0.25, 0.3) is 0 Å². The maximum Gasteiger partial charge on any atom is 0.226 e. The molecule has 3 aliphatic rings. The van der Waals surface area contributed by atoms with E-state index in [0.717, 1.165) is 32.4 Å². The third-order valence-corrected chi connectivity index (χ3v) is 5.24. The molecule has 2 heterocycles. The van der Waals surface area contributed by atoms with E-state index in [1.54, 1.807) is 7.11 Å². The summed E-state index contributed by atoms with van der Waals surface area (Å²) in [6.45, 7) is 4.24. The number of hydrogen-bond donors (Lipinski definition) is 1. The summed E-state index contributed by atoms with van der Waals surface area (Å²) in [5, 5.41) is 3.41. The van der Waals surface area contributed by atoms with Crippen LogP contribution in [0.1, 0.15) is 39.0 Å². The van der Waals surface area contributed by atoms with Gasteiger partial charge in [0.05, 0.1) is 12.0 Å². The molecule has 0 aromatic carbocycles. The van der Waals surface area contributed by atoms with Crippen LogP contribution < -0.4 is 5.32 Å². The molecule has 102 valence electrons. The molecule has 0 bridgehead atoms. The van der Waals surface area contributed by atoms with Crippen molar-refractivity contribution < 1.29 is 9.53 Å². The Balaban J connectivity index is 1.68. The lowest BCUT2D eigenvalue weighted by Gasteiger charge is -2.41. The summed E-state index contributed by atoms with van der Waals surface area (Å²) < 4.78 is 5.59. The molecule has 2 aliphatic heterocycles. The Hall–Kier alpha value is -0.610. The number of rotatable bonds is 3. The molecule has 4 heteroatoms. The second-order valence-corrected chi connectivity index (χ2v) is 6.29. The van der Waals surface area contributed by atoms with Gasteiger partial charge >= 0.3 is 0 Å². The molecule has 18 heavy (non-hydrogen) atoms. The van der Waals surface area contributed by atoms with E-state index in [9.17, 15) is 4.79 Å². The topological polar surface area (TPSA) is 41.6 Å². The highest BCUT2D eigenvalue weighted by Gasteiger charge is 2.47. The third-order valence-electron chi connectivity index (χ3n) is 5.24. The minimum atomic E-state index is -0.138. The van der Waals surface area contributed by atoms with Crippen LogP contribution >= 0.6 is 0 Å². The van der Waals surface area contributed by atoms with Crippen molar-refractivity contribution >= 4 is 5.91 Å². The van der Waals surface area contributed by atoms with Crippen LogP contribution in [-0.2, 0) is 9.53 Å². The molecule has 0 radical (unpaired) electrons. The predicted molar refractivity (Wildman–Crippen MR) is 69.3 cm³/mol. The Morgan fingerprint density at radius 2 is 2.22 bits per heavy atom. The van der Waals surface area contributed by atoms with Crippen molar-refractivity contribution in [2.45, 2.75) is 56.7 Å². The molecule has 1 aliphatic carbocycles. The Kier molecular flexibility index (Phi) is 3.10. The van der Waals surface area contributed by atoms with Crippen molar-refractivity contribution in [3.8, 4) is 0 Å². The third kappa shape index (κ3) is 1.86. The van der Waals surface area contributed by atoms with Crippen LogP contribution in [0.2, 0.25) is 0 Å². The second-order valence-electron chi connectivity index (χ2n) is 6.29. The average molecular weight is 252 g/mol. The Morgan fingerprint density at radius 1 is 1.44 bits per heavy atom. The molecule has 4 nitrogen and oxygen atoms in total. The summed E-state index contributed by atoms with van der Waals surface area (Å²) in [6.07, 6.45) is 5.03. The number of hydrogen-bond acceptors (Lipinski definition) is 3. The van der Waals surface area contributed by atoms with Gasteiger partial charge < -0.3 is 15.0 Å². The van der Waals surface area contributed by atoms with E-state index >= 15 is 0 Å². The minimum absolute atomic E-state index is 0.138. The van der Waals surface area contributed by atoms with E-state index in [0.29, 0.717) is 30.3 Å². The van der Waals surface area contributed by atoms with E-state index in [1.807, 2.05) is 0 Å². The molecule has 0 spiro atoms. The van der Waals surface area contributed by atoms with Gasteiger partial charge in [-0.1, -0.05) is 0 Å². The zero-order chi connectivity index (χ0) is 12.8. The fraction of sp³-hybridized carbons (Fsp3) is 0.929. The monoisotopic (exact) mass is 252 g/mol. The Morgan fingerprint density at radius 3 is 2.83 bits per heavy atom.